The number of benzene rings is 2. The van der Waals surface area contributed by atoms with Gasteiger partial charge in [-0.1, -0.05) is 0 Å². The molecule has 2 aromatic rings. The summed E-state index contributed by atoms with van der Waals surface area (Å²) < 4.78 is 0. The summed E-state index contributed by atoms with van der Waals surface area (Å²) in [6, 6.07) is 5.55. The van der Waals surface area contributed by atoms with Gasteiger partial charge in [0.1, 0.15) is 0 Å². The molecule has 0 saturated heterocycles. The molecule has 21 heavy (non-hydrogen) atoms. The molecule has 0 atom stereocenters. The zero-order chi connectivity index (χ0) is 15.5. The highest BCUT2D eigenvalue weighted by Crippen LogP contribution is 2.33. The summed E-state index contributed by atoms with van der Waals surface area (Å²) in [7, 11) is 0. The van der Waals surface area contributed by atoms with Crippen molar-refractivity contribution in [2.24, 2.45) is 0 Å². The number of fused-ring (bicyclic) bond motifs is 2. The number of ketones is 2. The van der Waals surface area contributed by atoms with Gasteiger partial charge in [0, 0.05) is 22.3 Å². The number of aryl methyl sites for hydroxylation is 3. The number of rotatable bonds is 0. The number of hydrogen-bond donors (Lipinski definition) is 0. The van der Waals surface area contributed by atoms with Crippen molar-refractivity contribution in [3.05, 3.63) is 68.3 Å². The maximum atomic E-state index is 12.8. The van der Waals surface area contributed by atoms with Crippen molar-refractivity contribution in [1.82, 2.24) is 0 Å². The average Bonchev–Trinajstić information content (AvgIpc) is 2.44. The minimum Gasteiger partial charge on any atom is -0.289 e. The van der Waals surface area contributed by atoms with Crippen molar-refractivity contribution in [3.63, 3.8) is 0 Å². The van der Waals surface area contributed by atoms with Crippen molar-refractivity contribution in [1.29, 1.82) is 0 Å². The highest BCUT2D eigenvalue weighted by Gasteiger charge is 2.32. The van der Waals surface area contributed by atoms with E-state index in [1.807, 2.05) is 52.8 Å². The Balaban J connectivity index is 2.38. The smallest absolute Gasteiger partial charge is 0.194 e. The molecule has 106 valence electrons. The minimum atomic E-state index is -0.0334. The molecule has 0 bridgehead atoms. The fraction of sp³-hybridized carbons (Fsp3) is 0.263. The summed E-state index contributed by atoms with van der Waals surface area (Å²) >= 11 is 0. The van der Waals surface area contributed by atoms with Gasteiger partial charge >= 0.3 is 0 Å². The molecule has 3 rings (SSSR count). The Morgan fingerprint density at radius 3 is 1.62 bits per heavy atom. The molecule has 0 spiro atoms. The summed E-state index contributed by atoms with van der Waals surface area (Å²) in [6.07, 6.45) is 0. The van der Waals surface area contributed by atoms with Crippen LogP contribution in [0.1, 0.15) is 59.7 Å². The van der Waals surface area contributed by atoms with E-state index in [9.17, 15) is 9.59 Å². The number of carbonyl (C=O) groups is 2. The lowest BCUT2D eigenvalue weighted by atomic mass is 9.78. The van der Waals surface area contributed by atoms with Crippen LogP contribution in [0.3, 0.4) is 0 Å². The number of carbonyl (C=O) groups excluding carboxylic acids is 2. The van der Waals surface area contributed by atoms with E-state index in [-0.39, 0.29) is 11.6 Å². The van der Waals surface area contributed by atoms with Crippen LogP contribution in [0.15, 0.2) is 18.2 Å². The van der Waals surface area contributed by atoms with E-state index in [0.717, 1.165) is 27.8 Å². The van der Waals surface area contributed by atoms with Gasteiger partial charge in [-0.05, 0) is 80.6 Å². The third-order valence-corrected chi connectivity index (χ3v) is 4.75. The Hall–Kier alpha value is -2.22. The van der Waals surface area contributed by atoms with Crippen LogP contribution in [0.2, 0.25) is 0 Å². The van der Waals surface area contributed by atoms with Gasteiger partial charge in [0.15, 0.2) is 11.6 Å². The maximum Gasteiger partial charge on any atom is 0.194 e. The van der Waals surface area contributed by atoms with Crippen molar-refractivity contribution < 1.29 is 9.59 Å². The first-order valence-corrected chi connectivity index (χ1v) is 7.14. The van der Waals surface area contributed by atoms with E-state index >= 15 is 0 Å². The zero-order valence-electron chi connectivity index (χ0n) is 13.0. The highest BCUT2D eigenvalue weighted by molar-refractivity contribution is 6.29. The Labute approximate surface area is 124 Å². The van der Waals surface area contributed by atoms with Gasteiger partial charge < -0.3 is 0 Å². The normalized spacial score (nSPS) is 13.2. The standard InChI is InChI=1S/C19H18O2/c1-9-6-14-15(7-10(9)2)19(21)17-13(5)12(4)11(3)8-16(17)18(14)20/h6-8H,1-5H3. The molecular weight excluding hydrogens is 260 g/mol. The lowest BCUT2D eigenvalue weighted by Crippen LogP contribution is -2.23. The van der Waals surface area contributed by atoms with E-state index in [4.69, 9.17) is 0 Å². The summed E-state index contributed by atoms with van der Waals surface area (Å²) in [4.78, 5) is 25.6. The topological polar surface area (TPSA) is 34.1 Å². The second-order valence-electron chi connectivity index (χ2n) is 6.01. The van der Waals surface area contributed by atoms with Gasteiger partial charge in [-0.25, -0.2) is 0 Å². The third kappa shape index (κ3) is 1.79. The zero-order valence-corrected chi connectivity index (χ0v) is 13.0. The molecule has 0 radical (unpaired) electrons. The van der Waals surface area contributed by atoms with Crippen molar-refractivity contribution in [2.45, 2.75) is 34.6 Å². The van der Waals surface area contributed by atoms with Gasteiger partial charge in [0.05, 0.1) is 0 Å². The van der Waals surface area contributed by atoms with Crippen LogP contribution in [-0.2, 0) is 0 Å². The van der Waals surface area contributed by atoms with Gasteiger partial charge in [-0.2, -0.15) is 0 Å². The van der Waals surface area contributed by atoms with Crippen molar-refractivity contribution in [2.75, 3.05) is 0 Å². The quantitative estimate of drug-likeness (QED) is 0.622. The van der Waals surface area contributed by atoms with E-state index in [1.54, 1.807) is 0 Å². The van der Waals surface area contributed by atoms with Gasteiger partial charge in [0.25, 0.3) is 0 Å². The second kappa shape index (κ2) is 4.39. The molecular formula is C19H18O2. The Bertz CT molecular complexity index is 826. The number of hydrogen-bond acceptors (Lipinski definition) is 2. The lowest BCUT2D eigenvalue weighted by Gasteiger charge is -2.22. The summed E-state index contributed by atoms with van der Waals surface area (Å²) in [5.74, 6) is -0.0581. The molecule has 0 fully saturated rings. The van der Waals surface area contributed by atoms with Crippen LogP contribution >= 0.6 is 0 Å². The summed E-state index contributed by atoms with van der Waals surface area (Å²) in [5, 5.41) is 0. The third-order valence-electron chi connectivity index (χ3n) is 4.75. The first kappa shape index (κ1) is 13.7. The molecule has 2 heteroatoms. The highest BCUT2D eigenvalue weighted by atomic mass is 16.1. The first-order chi connectivity index (χ1) is 9.82. The molecule has 2 nitrogen and oxygen atoms in total. The largest absolute Gasteiger partial charge is 0.289 e. The van der Waals surface area contributed by atoms with Gasteiger partial charge in [-0.15, -0.1) is 0 Å². The fourth-order valence-corrected chi connectivity index (χ4v) is 3.03. The minimum absolute atomic E-state index is 0.0247. The van der Waals surface area contributed by atoms with E-state index in [0.29, 0.717) is 22.3 Å². The fourth-order valence-electron chi connectivity index (χ4n) is 3.03. The lowest BCUT2D eigenvalue weighted by molar-refractivity contribution is 0.0978. The predicted octanol–water partition coefficient (Wildman–Crippen LogP) is 4.00. The molecule has 1 aliphatic rings. The maximum absolute atomic E-state index is 12.8. The van der Waals surface area contributed by atoms with Crippen LogP contribution in [0, 0.1) is 34.6 Å². The van der Waals surface area contributed by atoms with Crippen LogP contribution in [0.5, 0.6) is 0 Å². The average molecular weight is 278 g/mol. The van der Waals surface area contributed by atoms with Crippen LogP contribution in [0.25, 0.3) is 0 Å². The predicted molar refractivity (Wildman–Crippen MR) is 83.4 cm³/mol. The van der Waals surface area contributed by atoms with Gasteiger partial charge in [-0.3, -0.25) is 9.59 Å². The van der Waals surface area contributed by atoms with Crippen LogP contribution < -0.4 is 0 Å². The molecule has 0 amide bonds. The molecule has 0 heterocycles. The second-order valence-corrected chi connectivity index (χ2v) is 6.01. The molecule has 0 saturated carbocycles. The van der Waals surface area contributed by atoms with Crippen molar-refractivity contribution >= 4 is 11.6 Å². The molecule has 0 N–H and O–H groups in total. The van der Waals surface area contributed by atoms with Crippen LogP contribution in [-0.4, -0.2) is 11.6 Å². The molecule has 0 aliphatic heterocycles. The molecule has 0 aromatic heterocycles. The van der Waals surface area contributed by atoms with Crippen molar-refractivity contribution in [3.8, 4) is 0 Å². The summed E-state index contributed by atoms with van der Waals surface area (Å²) in [6.45, 7) is 9.85. The van der Waals surface area contributed by atoms with E-state index in [1.165, 1.54) is 0 Å². The summed E-state index contributed by atoms with van der Waals surface area (Å²) in [5.41, 5.74) is 7.36. The monoisotopic (exact) mass is 278 g/mol. The Morgan fingerprint density at radius 2 is 1.05 bits per heavy atom. The first-order valence-electron chi connectivity index (χ1n) is 7.14. The Kier molecular flexibility index (Phi) is 2.87. The van der Waals surface area contributed by atoms with Gasteiger partial charge in [0.2, 0.25) is 0 Å². The van der Waals surface area contributed by atoms with E-state index in [2.05, 4.69) is 0 Å². The molecule has 1 aliphatic carbocycles. The Morgan fingerprint density at radius 1 is 0.571 bits per heavy atom. The van der Waals surface area contributed by atoms with Crippen LogP contribution in [0.4, 0.5) is 0 Å². The molecule has 2 aromatic carbocycles. The molecule has 0 unspecified atom stereocenters. The van der Waals surface area contributed by atoms with E-state index < -0.39 is 0 Å². The SMILES string of the molecule is Cc1cc2c(cc1C)C(=O)c1c(cc(C)c(C)c1C)C2=O.